The van der Waals surface area contributed by atoms with Gasteiger partial charge in [0.2, 0.25) is 0 Å². The second-order valence-electron chi connectivity index (χ2n) is 6.20. The number of nitrogens with zero attached hydrogens (tertiary/aromatic N) is 2. The summed E-state index contributed by atoms with van der Waals surface area (Å²) in [5.74, 6) is 0.678. The quantitative estimate of drug-likeness (QED) is 0.846. The number of carbonyl (C=O) groups excluding carboxylic acids is 1. The molecule has 0 aliphatic carbocycles. The van der Waals surface area contributed by atoms with Crippen LogP contribution in [0.15, 0.2) is 24.3 Å². The molecule has 1 fully saturated rings. The van der Waals surface area contributed by atoms with Gasteiger partial charge >= 0.3 is 0 Å². The zero-order chi connectivity index (χ0) is 14.7. The lowest BCUT2D eigenvalue weighted by molar-refractivity contribution is 0.0595. The smallest absolute Gasteiger partial charge is 0.253 e. The van der Waals surface area contributed by atoms with Crippen LogP contribution in [-0.4, -0.2) is 47.9 Å². The predicted octanol–water partition coefficient (Wildman–Crippen LogP) is 2.98. The van der Waals surface area contributed by atoms with E-state index >= 15 is 0 Å². The Balaban J connectivity index is 1.98. The number of amides is 1. The van der Waals surface area contributed by atoms with Crippen LogP contribution < -0.4 is 0 Å². The van der Waals surface area contributed by atoms with Gasteiger partial charge < -0.3 is 4.90 Å². The summed E-state index contributed by atoms with van der Waals surface area (Å²) in [5.41, 5.74) is 2.10. The van der Waals surface area contributed by atoms with Crippen molar-refractivity contribution in [3.8, 4) is 0 Å². The van der Waals surface area contributed by atoms with Gasteiger partial charge in [-0.25, -0.2) is 0 Å². The summed E-state index contributed by atoms with van der Waals surface area (Å²) in [6.07, 6.45) is 0. The average Bonchev–Trinajstić information content (AvgIpc) is 2.46. The van der Waals surface area contributed by atoms with Crippen LogP contribution in [0.25, 0.3) is 0 Å². The van der Waals surface area contributed by atoms with Crippen LogP contribution in [0.3, 0.4) is 0 Å². The Bertz CT molecular complexity index is 443. The fraction of sp³-hybridized carbons (Fsp3) is 0.588. The van der Waals surface area contributed by atoms with Crippen molar-refractivity contribution in [3.05, 3.63) is 35.4 Å². The van der Waals surface area contributed by atoms with E-state index in [4.69, 9.17) is 0 Å². The molecule has 3 heteroatoms. The third-order valence-electron chi connectivity index (χ3n) is 4.16. The lowest BCUT2D eigenvalue weighted by atomic mass is 10.0. The lowest BCUT2D eigenvalue weighted by Crippen LogP contribution is -2.50. The van der Waals surface area contributed by atoms with Crippen LogP contribution >= 0.6 is 0 Å². The summed E-state index contributed by atoms with van der Waals surface area (Å²) in [7, 11) is 0. The molecular weight excluding hydrogens is 248 g/mol. The lowest BCUT2D eigenvalue weighted by Gasteiger charge is -2.37. The first kappa shape index (κ1) is 15.0. The molecule has 0 N–H and O–H groups in total. The number of carbonyl (C=O) groups is 1. The van der Waals surface area contributed by atoms with Gasteiger partial charge in [-0.05, 0) is 37.5 Å². The molecule has 0 radical (unpaired) electrons. The molecular formula is C17H26N2O. The molecule has 110 valence electrons. The third-order valence-corrected chi connectivity index (χ3v) is 4.16. The third kappa shape index (κ3) is 3.40. The molecule has 1 saturated heterocycles. The molecule has 0 aromatic heterocycles. The van der Waals surface area contributed by atoms with Crippen molar-refractivity contribution in [3.63, 3.8) is 0 Å². The summed E-state index contributed by atoms with van der Waals surface area (Å²) < 4.78 is 0. The molecule has 20 heavy (non-hydrogen) atoms. The summed E-state index contributed by atoms with van der Waals surface area (Å²) in [5, 5.41) is 0. The maximum atomic E-state index is 12.5. The summed E-state index contributed by atoms with van der Waals surface area (Å²) >= 11 is 0. The number of piperazine rings is 1. The van der Waals surface area contributed by atoms with Gasteiger partial charge in [-0.2, -0.15) is 0 Å². The van der Waals surface area contributed by atoms with Crippen LogP contribution in [0, 0.1) is 0 Å². The maximum absolute atomic E-state index is 12.5. The Hall–Kier alpha value is -1.35. The van der Waals surface area contributed by atoms with Gasteiger partial charge in [0, 0.05) is 37.8 Å². The van der Waals surface area contributed by atoms with Crippen molar-refractivity contribution in [1.82, 2.24) is 9.80 Å². The highest BCUT2D eigenvalue weighted by molar-refractivity contribution is 5.94. The minimum Gasteiger partial charge on any atom is -0.336 e. The topological polar surface area (TPSA) is 23.6 Å². The molecule has 1 aliphatic rings. The number of hydrogen-bond donors (Lipinski definition) is 0. The highest BCUT2D eigenvalue weighted by atomic mass is 16.2. The highest BCUT2D eigenvalue weighted by Crippen LogP contribution is 2.16. The molecule has 0 atom stereocenters. The number of rotatable bonds is 3. The Labute approximate surface area is 122 Å². The van der Waals surface area contributed by atoms with E-state index in [1.165, 1.54) is 5.56 Å². The largest absolute Gasteiger partial charge is 0.336 e. The van der Waals surface area contributed by atoms with E-state index < -0.39 is 0 Å². The first-order valence-corrected chi connectivity index (χ1v) is 7.62. The SMILES string of the molecule is CC(C)c1ccc(C(=O)N2CCN(C(C)C)CC2)cc1. The van der Waals surface area contributed by atoms with E-state index in [0.29, 0.717) is 12.0 Å². The molecule has 0 spiro atoms. The van der Waals surface area contributed by atoms with Gasteiger partial charge in [0.1, 0.15) is 0 Å². The Morgan fingerprint density at radius 3 is 1.95 bits per heavy atom. The molecule has 1 heterocycles. The van der Waals surface area contributed by atoms with Crippen molar-refractivity contribution < 1.29 is 4.79 Å². The van der Waals surface area contributed by atoms with Crippen molar-refractivity contribution >= 4 is 5.91 Å². The molecule has 1 aromatic rings. The first-order chi connectivity index (χ1) is 9.49. The Kier molecular flexibility index (Phi) is 4.81. The highest BCUT2D eigenvalue weighted by Gasteiger charge is 2.23. The fourth-order valence-electron chi connectivity index (χ4n) is 2.63. The van der Waals surface area contributed by atoms with Gasteiger partial charge in [0.25, 0.3) is 5.91 Å². The fourth-order valence-corrected chi connectivity index (χ4v) is 2.63. The van der Waals surface area contributed by atoms with Gasteiger partial charge in [-0.3, -0.25) is 9.69 Å². The van der Waals surface area contributed by atoms with Crippen LogP contribution in [0.1, 0.15) is 49.5 Å². The van der Waals surface area contributed by atoms with Crippen molar-refractivity contribution in [2.75, 3.05) is 26.2 Å². The van der Waals surface area contributed by atoms with Gasteiger partial charge in [-0.15, -0.1) is 0 Å². The van der Waals surface area contributed by atoms with Gasteiger partial charge in [0.15, 0.2) is 0 Å². The van der Waals surface area contributed by atoms with Crippen LogP contribution in [0.5, 0.6) is 0 Å². The van der Waals surface area contributed by atoms with E-state index in [0.717, 1.165) is 31.7 Å². The van der Waals surface area contributed by atoms with Crippen molar-refractivity contribution in [2.45, 2.75) is 39.7 Å². The molecule has 0 unspecified atom stereocenters. The molecule has 1 amide bonds. The molecule has 1 aromatic carbocycles. The minimum absolute atomic E-state index is 0.170. The summed E-state index contributed by atoms with van der Waals surface area (Å²) in [6, 6.07) is 8.64. The van der Waals surface area contributed by atoms with Crippen molar-refractivity contribution in [1.29, 1.82) is 0 Å². The molecule has 1 aliphatic heterocycles. The second kappa shape index (κ2) is 6.40. The van der Waals surface area contributed by atoms with E-state index in [9.17, 15) is 4.79 Å². The summed E-state index contributed by atoms with van der Waals surface area (Å²) in [4.78, 5) is 16.9. The predicted molar refractivity (Wildman–Crippen MR) is 83.1 cm³/mol. The van der Waals surface area contributed by atoms with E-state index in [2.05, 4.69) is 44.7 Å². The first-order valence-electron chi connectivity index (χ1n) is 7.62. The van der Waals surface area contributed by atoms with E-state index in [1.54, 1.807) is 0 Å². The average molecular weight is 274 g/mol. The zero-order valence-corrected chi connectivity index (χ0v) is 13.1. The second-order valence-corrected chi connectivity index (χ2v) is 6.20. The van der Waals surface area contributed by atoms with Crippen LogP contribution in [0.2, 0.25) is 0 Å². The zero-order valence-electron chi connectivity index (χ0n) is 13.1. The Morgan fingerprint density at radius 2 is 1.50 bits per heavy atom. The minimum atomic E-state index is 0.170. The standard InChI is InChI=1S/C17H26N2O/c1-13(2)15-5-7-16(8-6-15)17(20)19-11-9-18(10-12-19)14(3)4/h5-8,13-14H,9-12H2,1-4H3. The van der Waals surface area contributed by atoms with Crippen LogP contribution in [-0.2, 0) is 0 Å². The molecule has 0 bridgehead atoms. The van der Waals surface area contributed by atoms with Crippen LogP contribution in [0.4, 0.5) is 0 Å². The number of benzene rings is 1. The van der Waals surface area contributed by atoms with Crippen molar-refractivity contribution in [2.24, 2.45) is 0 Å². The summed E-state index contributed by atoms with van der Waals surface area (Å²) in [6.45, 7) is 12.4. The number of hydrogen-bond acceptors (Lipinski definition) is 2. The van der Waals surface area contributed by atoms with E-state index in [-0.39, 0.29) is 5.91 Å². The molecule has 2 rings (SSSR count). The monoisotopic (exact) mass is 274 g/mol. The Morgan fingerprint density at radius 1 is 0.950 bits per heavy atom. The van der Waals surface area contributed by atoms with E-state index in [1.807, 2.05) is 17.0 Å². The maximum Gasteiger partial charge on any atom is 0.253 e. The van der Waals surface area contributed by atoms with Gasteiger partial charge in [0.05, 0.1) is 0 Å². The normalized spacial score (nSPS) is 17.0. The molecule has 0 saturated carbocycles. The molecule has 3 nitrogen and oxygen atoms in total. The van der Waals surface area contributed by atoms with Gasteiger partial charge in [-0.1, -0.05) is 26.0 Å².